The second-order valence-electron chi connectivity index (χ2n) is 2.20. The standard InChI is InChI=1S/C7H3BF4/c8-6-4(7(10,11)12)2-1-3-5(6)9/h1-3H. The second kappa shape index (κ2) is 2.81. The number of rotatable bonds is 0. The molecule has 62 valence electrons. The lowest BCUT2D eigenvalue weighted by atomic mass is 9.90. The molecule has 0 aliphatic rings. The molecular weight excluding hydrogens is 171 g/mol. The molecule has 0 fully saturated rings. The van der Waals surface area contributed by atoms with Crippen molar-refractivity contribution in [2.45, 2.75) is 6.18 Å². The molecule has 2 radical (unpaired) electrons. The van der Waals surface area contributed by atoms with E-state index in [9.17, 15) is 17.6 Å². The molecule has 0 spiro atoms. The van der Waals surface area contributed by atoms with Crippen LogP contribution in [0.2, 0.25) is 0 Å². The van der Waals surface area contributed by atoms with E-state index in [1.54, 1.807) is 0 Å². The van der Waals surface area contributed by atoms with Crippen LogP contribution in [0.4, 0.5) is 17.6 Å². The smallest absolute Gasteiger partial charge is 0.208 e. The quantitative estimate of drug-likeness (QED) is 0.414. The first-order chi connectivity index (χ1) is 5.43. The number of hydrogen-bond acceptors (Lipinski definition) is 0. The Morgan fingerprint density at radius 2 is 1.75 bits per heavy atom. The highest BCUT2D eigenvalue weighted by Gasteiger charge is 2.32. The molecular formula is C7H3BF4. The van der Waals surface area contributed by atoms with Gasteiger partial charge in [-0.15, -0.1) is 0 Å². The highest BCUT2D eigenvalue weighted by molar-refractivity contribution is 6.33. The minimum absolute atomic E-state index is 0.735. The molecule has 0 amide bonds. The normalized spacial score (nSPS) is 11.7. The Morgan fingerprint density at radius 1 is 1.17 bits per heavy atom. The lowest BCUT2D eigenvalue weighted by Crippen LogP contribution is -2.22. The molecule has 0 aromatic heterocycles. The van der Waals surface area contributed by atoms with E-state index in [1.807, 2.05) is 0 Å². The first-order valence-electron chi connectivity index (χ1n) is 3.04. The molecule has 5 heteroatoms. The van der Waals surface area contributed by atoms with Crippen molar-refractivity contribution < 1.29 is 17.6 Å². The number of alkyl halides is 3. The zero-order chi connectivity index (χ0) is 9.35. The van der Waals surface area contributed by atoms with E-state index in [0.717, 1.165) is 18.2 Å². The summed E-state index contributed by atoms with van der Waals surface area (Å²) in [6, 6.07) is 2.58. The molecule has 0 aliphatic heterocycles. The van der Waals surface area contributed by atoms with Crippen LogP contribution in [-0.2, 0) is 6.18 Å². The molecule has 0 bridgehead atoms. The van der Waals surface area contributed by atoms with Crippen molar-refractivity contribution in [3.8, 4) is 0 Å². The average Bonchev–Trinajstić information content (AvgIpc) is 1.92. The monoisotopic (exact) mass is 174 g/mol. The van der Waals surface area contributed by atoms with Crippen molar-refractivity contribution in [2.75, 3.05) is 0 Å². The molecule has 1 aromatic carbocycles. The molecule has 0 unspecified atom stereocenters. The number of halogens is 4. The summed E-state index contributed by atoms with van der Waals surface area (Å²) >= 11 is 0. The van der Waals surface area contributed by atoms with Gasteiger partial charge in [-0.3, -0.25) is 0 Å². The van der Waals surface area contributed by atoms with Crippen molar-refractivity contribution in [1.82, 2.24) is 0 Å². The van der Waals surface area contributed by atoms with Gasteiger partial charge in [-0.2, -0.15) is 13.2 Å². The van der Waals surface area contributed by atoms with E-state index >= 15 is 0 Å². The summed E-state index contributed by atoms with van der Waals surface area (Å²) in [7, 11) is 4.87. The van der Waals surface area contributed by atoms with Gasteiger partial charge in [0.1, 0.15) is 13.7 Å². The molecule has 0 nitrogen and oxygen atoms in total. The van der Waals surface area contributed by atoms with E-state index in [4.69, 9.17) is 7.85 Å². The zero-order valence-electron chi connectivity index (χ0n) is 5.82. The van der Waals surface area contributed by atoms with Gasteiger partial charge in [0, 0.05) is 0 Å². The van der Waals surface area contributed by atoms with Crippen LogP contribution in [0.15, 0.2) is 18.2 Å². The SMILES string of the molecule is [B]c1c(F)cccc1C(F)(F)F. The van der Waals surface area contributed by atoms with Gasteiger partial charge in [0.15, 0.2) is 0 Å². The predicted octanol–water partition coefficient (Wildman–Crippen LogP) is 1.64. The summed E-state index contributed by atoms with van der Waals surface area (Å²) in [5.74, 6) is -1.05. The fourth-order valence-electron chi connectivity index (χ4n) is 0.784. The van der Waals surface area contributed by atoms with Gasteiger partial charge in [0.25, 0.3) is 0 Å². The van der Waals surface area contributed by atoms with E-state index in [0.29, 0.717) is 0 Å². The summed E-state index contributed by atoms with van der Waals surface area (Å²) in [6.45, 7) is 0. The van der Waals surface area contributed by atoms with Gasteiger partial charge in [-0.1, -0.05) is 12.1 Å². The lowest BCUT2D eigenvalue weighted by Gasteiger charge is -2.09. The summed E-state index contributed by atoms with van der Waals surface area (Å²) in [4.78, 5) is 0. The summed E-state index contributed by atoms with van der Waals surface area (Å²) in [5, 5.41) is 0. The van der Waals surface area contributed by atoms with Crippen molar-refractivity contribution in [3.63, 3.8) is 0 Å². The second-order valence-corrected chi connectivity index (χ2v) is 2.20. The molecule has 1 aromatic rings. The van der Waals surface area contributed by atoms with E-state index in [-0.39, 0.29) is 0 Å². The highest BCUT2D eigenvalue weighted by Crippen LogP contribution is 2.27. The van der Waals surface area contributed by atoms with Crippen LogP contribution >= 0.6 is 0 Å². The third-order valence-electron chi connectivity index (χ3n) is 1.36. The molecule has 0 atom stereocenters. The van der Waals surface area contributed by atoms with Gasteiger partial charge < -0.3 is 0 Å². The first kappa shape index (κ1) is 9.10. The predicted molar refractivity (Wildman–Crippen MR) is 36.8 cm³/mol. The molecule has 0 saturated heterocycles. The van der Waals surface area contributed by atoms with E-state index < -0.39 is 23.0 Å². The highest BCUT2D eigenvalue weighted by atomic mass is 19.4. The molecule has 0 N–H and O–H groups in total. The van der Waals surface area contributed by atoms with Gasteiger partial charge in [-0.05, 0) is 11.5 Å². The summed E-state index contributed by atoms with van der Waals surface area (Å²) in [5.41, 5.74) is -1.99. The third kappa shape index (κ3) is 1.60. The zero-order valence-corrected chi connectivity index (χ0v) is 5.82. The molecule has 0 heterocycles. The van der Waals surface area contributed by atoms with Crippen molar-refractivity contribution in [1.29, 1.82) is 0 Å². The molecule has 0 saturated carbocycles. The molecule has 1 rings (SSSR count). The van der Waals surface area contributed by atoms with Crippen molar-refractivity contribution in [3.05, 3.63) is 29.6 Å². The van der Waals surface area contributed by atoms with Crippen molar-refractivity contribution >= 4 is 13.3 Å². The fraction of sp³-hybridized carbons (Fsp3) is 0.143. The fourth-order valence-corrected chi connectivity index (χ4v) is 0.784. The van der Waals surface area contributed by atoms with Crippen LogP contribution in [0.3, 0.4) is 0 Å². The van der Waals surface area contributed by atoms with Gasteiger partial charge in [-0.25, -0.2) is 4.39 Å². The maximum absolute atomic E-state index is 12.5. The largest absolute Gasteiger partial charge is 0.415 e. The first-order valence-corrected chi connectivity index (χ1v) is 3.04. The Morgan fingerprint density at radius 3 is 2.17 bits per heavy atom. The van der Waals surface area contributed by atoms with Crippen LogP contribution in [0, 0.1) is 5.82 Å². The Labute approximate surface area is 67.6 Å². The number of benzene rings is 1. The minimum Gasteiger partial charge on any atom is -0.208 e. The Hall–Kier alpha value is -0.995. The Bertz CT molecular complexity index is 292. The van der Waals surface area contributed by atoms with E-state index in [2.05, 4.69) is 0 Å². The summed E-state index contributed by atoms with van der Waals surface area (Å²) in [6.07, 6.45) is -4.59. The molecule has 12 heavy (non-hydrogen) atoms. The number of hydrogen-bond donors (Lipinski definition) is 0. The van der Waals surface area contributed by atoms with Gasteiger partial charge >= 0.3 is 6.18 Å². The van der Waals surface area contributed by atoms with Gasteiger partial charge in [0.2, 0.25) is 0 Å². The maximum atomic E-state index is 12.5. The topological polar surface area (TPSA) is 0 Å². The van der Waals surface area contributed by atoms with Crippen LogP contribution in [0.1, 0.15) is 5.56 Å². The Balaban J connectivity index is 3.26. The third-order valence-corrected chi connectivity index (χ3v) is 1.36. The van der Waals surface area contributed by atoms with Gasteiger partial charge in [0.05, 0.1) is 5.56 Å². The average molecular weight is 174 g/mol. The van der Waals surface area contributed by atoms with Crippen LogP contribution in [0.25, 0.3) is 0 Å². The van der Waals surface area contributed by atoms with Crippen LogP contribution < -0.4 is 5.46 Å². The Kier molecular flexibility index (Phi) is 2.13. The van der Waals surface area contributed by atoms with Crippen molar-refractivity contribution in [2.24, 2.45) is 0 Å². The van der Waals surface area contributed by atoms with Crippen LogP contribution in [0.5, 0.6) is 0 Å². The summed E-state index contributed by atoms with van der Waals surface area (Å²) < 4.78 is 48.4. The van der Waals surface area contributed by atoms with E-state index in [1.165, 1.54) is 0 Å². The minimum atomic E-state index is -4.59. The lowest BCUT2D eigenvalue weighted by molar-refractivity contribution is -0.136. The molecule has 0 aliphatic carbocycles. The maximum Gasteiger partial charge on any atom is 0.415 e. The van der Waals surface area contributed by atoms with Crippen LogP contribution in [-0.4, -0.2) is 7.85 Å².